The van der Waals surface area contributed by atoms with Gasteiger partial charge in [0.15, 0.2) is 0 Å². The topological polar surface area (TPSA) is 85.8 Å². The minimum Gasteiger partial charge on any atom is -0.350 e. The third-order valence-corrected chi connectivity index (χ3v) is 4.62. The van der Waals surface area contributed by atoms with Gasteiger partial charge >= 0.3 is 0 Å². The van der Waals surface area contributed by atoms with Crippen molar-refractivity contribution in [3.05, 3.63) is 45.9 Å². The second kappa shape index (κ2) is 9.82. The van der Waals surface area contributed by atoms with Crippen molar-refractivity contribution in [1.29, 1.82) is 0 Å². The fourth-order valence-corrected chi connectivity index (χ4v) is 3.27. The molecule has 2 heterocycles. The number of imidazole rings is 1. The number of aryl methyl sites for hydroxylation is 1. The van der Waals surface area contributed by atoms with Crippen LogP contribution >= 0.6 is 36.2 Å². The molecule has 26 heavy (non-hydrogen) atoms. The summed E-state index contributed by atoms with van der Waals surface area (Å²) < 4.78 is 15.2. The molecule has 1 aromatic carbocycles. The van der Waals surface area contributed by atoms with Crippen LogP contribution in [0.1, 0.15) is 21.3 Å². The molecule has 0 atom stereocenters. The number of hydrogen-bond acceptors (Lipinski definition) is 5. The van der Waals surface area contributed by atoms with E-state index in [2.05, 4.69) is 15.3 Å². The van der Waals surface area contributed by atoms with Crippen LogP contribution in [0.5, 0.6) is 0 Å². The molecule has 0 saturated carbocycles. The van der Waals surface area contributed by atoms with Gasteiger partial charge in [0.25, 0.3) is 5.91 Å². The number of carbonyl (C=O) groups is 1. The van der Waals surface area contributed by atoms with Crippen molar-refractivity contribution >= 4 is 53.1 Å². The summed E-state index contributed by atoms with van der Waals surface area (Å²) in [5.74, 6) is 0.273. The molecule has 0 unspecified atom stereocenters. The predicted molar refractivity (Wildman–Crippen MR) is 106 cm³/mol. The minimum atomic E-state index is -0.308. The van der Waals surface area contributed by atoms with Gasteiger partial charge in [-0.05, 0) is 18.7 Å². The third kappa shape index (κ3) is 4.91. The molecule has 0 radical (unpaired) electrons. The molecule has 0 saturated heterocycles. The van der Waals surface area contributed by atoms with E-state index in [9.17, 15) is 9.18 Å². The molecule has 0 fully saturated rings. The van der Waals surface area contributed by atoms with E-state index in [1.54, 1.807) is 11.4 Å². The third-order valence-electron chi connectivity index (χ3n) is 3.71. The summed E-state index contributed by atoms with van der Waals surface area (Å²) in [5, 5.41) is 5.43. The number of benzene rings is 1. The number of fused-ring (bicyclic) bond motifs is 1. The van der Waals surface area contributed by atoms with Crippen LogP contribution in [0, 0.1) is 5.82 Å². The molecule has 0 aliphatic carbocycles. The summed E-state index contributed by atoms with van der Waals surface area (Å²) in [6.45, 7) is 0.949. The van der Waals surface area contributed by atoms with E-state index in [1.807, 2.05) is 11.6 Å². The number of halogens is 3. The molecule has 10 heteroatoms. The SMILES string of the molecule is Cl.Cl.Cn1c(CCNC(=O)c2csc(CCN)n2)nc2cc(F)ccc21. The van der Waals surface area contributed by atoms with Crippen molar-refractivity contribution in [2.45, 2.75) is 12.8 Å². The van der Waals surface area contributed by atoms with E-state index in [0.29, 0.717) is 37.1 Å². The number of aromatic nitrogens is 3. The number of rotatable bonds is 6. The fraction of sp³-hybridized carbons (Fsp3) is 0.312. The zero-order chi connectivity index (χ0) is 17.1. The first kappa shape index (κ1) is 22.3. The van der Waals surface area contributed by atoms with Gasteiger partial charge in [-0.25, -0.2) is 14.4 Å². The lowest BCUT2D eigenvalue weighted by atomic mass is 10.3. The Kier molecular flexibility index (Phi) is 8.42. The van der Waals surface area contributed by atoms with E-state index < -0.39 is 0 Å². The number of nitrogens with two attached hydrogens (primary N) is 1. The maximum Gasteiger partial charge on any atom is 0.270 e. The number of carbonyl (C=O) groups excluding carboxylic acids is 1. The first-order valence-corrected chi connectivity index (χ1v) is 8.50. The molecule has 6 nitrogen and oxygen atoms in total. The number of thiazole rings is 1. The Labute approximate surface area is 166 Å². The monoisotopic (exact) mass is 419 g/mol. The first-order chi connectivity index (χ1) is 11.6. The van der Waals surface area contributed by atoms with Gasteiger partial charge < -0.3 is 15.6 Å². The number of nitrogens with one attached hydrogen (secondary N) is 1. The van der Waals surface area contributed by atoms with Gasteiger partial charge in [-0.1, -0.05) is 0 Å². The Bertz CT molecular complexity index is 883. The quantitative estimate of drug-likeness (QED) is 0.642. The Morgan fingerprint density at radius 2 is 2.08 bits per heavy atom. The highest BCUT2D eigenvalue weighted by Gasteiger charge is 2.12. The van der Waals surface area contributed by atoms with E-state index >= 15 is 0 Å². The zero-order valence-corrected chi connectivity index (χ0v) is 16.5. The predicted octanol–water partition coefficient (Wildman–Crippen LogP) is 2.49. The van der Waals surface area contributed by atoms with Crippen molar-refractivity contribution in [3.63, 3.8) is 0 Å². The number of amides is 1. The second-order valence-electron chi connectivity index (χ2n) is 5.39. The normalized spacial score (nSPS) is 10.3. The Balaban J connectivity index is 0.00000169. The maximum atomic E-state index is 13.3. The minimum absolute atomic E-state index is 0. The molecular weight excluding hydrogens is 400 g/mol. The van der Waals surface area contributed by atoms with Gasteiger partial charge in [-0.15, -0.1) is 36.2 Å². The highest BCUT2D eigenvalue weighted by atomic mass is 35.5. The van der Waals surface area contributed by atoms with Crippen molar-refractivity contribution in [2.75, 3.05) is 13.1 Å². The summed E-state index contributed by atoms with van der Waals surface area (Å²) >= 11 is 1.44. The lowest BCUT2D eigenvalue weighted by Crippen LogP contribution is -2.26. The van der Waals surface area contributed by atoms with Crippen molar-refractivity contribution in [3.8, 4) is 0 Å². The van der Waals surface area contributed by atoms with Gasteiger partial charge in [0.1, 0.15) is 17.3 Å². The summed E-state index contributed by atoms with van der Waals surface area (Å²) in [4.78, 5) is 20.7. The lowest BCUT2D eigenvalue weighted by molar-refractivity contribution is 0.0949. The van der Waals surface area contributed by atoms with Gasteiger partial charge in [0, 0.05) is 37.9 Å². The average Bonchev–Trinajstić information content (AvgIpc) is 3.13. The van der Waals surface area contributed by atoms with Gasteiger partial charge in [-0.2, -0.15) is 0 Å². The van der Waals surface area contributed by atoms with Crippen LogP contribution in [0.15, 0.2) is 23.6 Å². The molecule has 142 valence electrons. The van der Waals surface area contributed by atoms with Gasteiger partial charge in [-0.3, -0.25) is 4.79 Å². The molecule has 0 aliphatic heterocycles. The summed E-state index contributed by atoms with van der Waals surface area (Å²) in [6, 6.07) is 4.52. The van der Waals surface area contributed by atoms with E-state index in [4.69, 9.17) is 5.73 Å². The Morgan fingerprint density at radius 1 is 1.31 bits per heavy atom. The molecule has 0 aliphatic rings. The summed E-state index contributed by atoms with van der Waals surface area (Å²) in [7, 11) is 1.88. The molecular formula is C16H20Cl2FN5OS. The largest absolute Gasteiger partial charge is 0.350 e. The van der Waals surface area contributed by atoms with E-state index in [-0.39, 0.29) is 36.5 Å². The smallest absolute Gasteiger partial charge is 0.270 e. The van der Waals surface area contributed by atoms with E-state index in [1.165, 1.54) is 23.5 Å². The van der Waals surface area contributed by atoms with Crippen LogP contribution in [-0.4, -0.2) is 33.5 Å². The van der Waals surface area contributed by atoms with Crippen LogP contribution in [0.2, 0.25) is 0 Å². The van der Waals surface area contributed by atoms with Crippen molar-refractivity contribution in [1.82, 2.24) is 19.9 Å². The number of nitrogens with zero attached hydrogens (tertiary/aromatic N) is 3. The van der Waals surface area contributed by atoms with Crippen LogP contribution in [0.3, 0.4) is 0 Å². The standard InChI is InChI=1S/C16H18FN5OS.2ClH/c1-22-13-3-2-10(17)8-11(13)20-14(22)5-7-19-16(23)12-9-24-15(21-12)4-6-18;;/h2-3,8-9H,4-7,18H2,1H3,(H,19,23);2*1H. The number of hydrogen-bond donors (Lipinski definition) is 2. The average molecular weight is 420 g/mol. The van der Waals surface area contributed by atoms with Crippen LogP contribution in [0.4, 0.5) is 4.39 Å². The first-order valence-electron chi connectivity index (χ1n) is 7.62. The molecule has 3 N–H and O–H groups in total. The van der Waals surface area contributed by atoms with Crippen LogP contribution in [-0.2, 0) is 19.9 Å². The molecule has 0 bridgehead atoms. The highest BCUT2D eigenvalue weighted by molar-refractivity contribution is 7.09. The highest BCUT2D eigenvalue weighted by Crippen LogP contribution is 2.16. The maximum absolute atomic E-state index is 13.3. The van der Waals surface area contributed by atoms with Crippen LogP contribution in [0.25, 0.3) is 11.0 Å². The van der Waals surface area contributed by atoms with Crippen LogP contribution < -0.4 is 11.1 Å². The molecule has 0 spiro atoms. The lowest BCUT2D eigenvalue weighted by Gasteiger charge is -2.04. The molecule has 2 aromatic heterocycles. The molecule has 3 rings (SSSR count). The molecule has 1 amide bonds. The van der Waals surface area contributed by atoms with E-state index in [0.717, 1.165) is 16.3 Å². The Morgan fingerprint density at radius 3 is 2.81 bits per heavy atom. The fourth-order valence-electron chi connectivity index (χ4n) is 2.48. The molecule has 3 aromatic rings. The van der Waals surface area contributed by atoms with Gasteiger partial charge in [0.2, 0.25) is 0 Å². The van der Waals surface area contributed by atoms with Gasteiger partial charge in [0.05, 0.1) is 16.0 Å². The van der Waals surface area contributed by atoms with Crippen molar-refractivity contribution < 1.29 is 9.18 Å². The summed E-state index contributed by atoms with van der Waals surface area (Å²) in [5.41, 5.74) is 7.37. The van der Waals surface area contributed by atoms with Crippen molar-refractivity contribution in [2.24, 2.45) is 12.8 Å². The zero-order valence-electron chi connectivity index (χ0n) is 14.1. The second-order valence-corrected chi connectivity index (χ2v) is 6.33. The Hall–Kier alpha value is -1.74. The summed E-state index contributed by atoms with van der Waals surface area (Å²) in [6.07, 6.45) is 1.23.